The molecule has 0 aromatic rings. The van der Waals surface area contributed by atoms with E-state index in [0.717, 1.165) is 102 Å². The second-order valence-electron chi connectivity index (χ2n) is 29.8. The van der Waals surface area contributed by atoms with Crippen LogP contribution < -0.4 is 0 Å². The Bertz CT molecular complexity index is 1930. The SMILES string of the molecule is CCCCCCCCCCCCCCCCCCCCCCC(=O)O[C@H](COC(=O)CCCCCCCCCCCCCCCCC(C)CC)COP(=O)(O)OC[C@@H](O)COP(=O)(O)OC[C@@H](COC(=O)CCCCCCC)OC(=O)CCCCCCCCCCCCCCCCCCCC. The molecule has 3 unspecified atom stereocenters. The maximum atomic E-state index is 13.1. The van der Waals surface area contributed by atoms with Crippen molar-refractivity contribution in [3.05, 3.63) is 0 Å². The lowest BCUT2D eigenvalue weighted by atomic mass is 9.99. The van der Waals surface area contributed by atoms with Crippen molar-refractivity contribution in [2.24, 2.45) is 5.92 Å². The van der Waals surface area contributed by atoms with E-state index in [0.29, 0.717) is 25.7 Å². The zero-order valence-corrected chi connectivity index (χ0v) is 67.8. The van der Waals surface area contributed by atoms with Crippen molar-refractivity contribution >= 4 is 39.5 Å². The lowest BCUT2D eigenvalue weighted by Crippen LogP contribution is -2.30. The zero-order valence-electron chi connectivity index (χ0n) is 66.1. The Hall–Kier alpha value is -1.94. The van der Waals surface area contributed by atoms with Crippen molar-refractivity contribution in [2.75, 3.05) is 39.6 Å². The monoisotopic (exact) mass is 1480 g/mol. The van der Waals surface area contributed by atoms with Crippen LogP contribution in [0.25, 0.3) is 0 Å². The number of aliphatic hydroxyl groups is 1. The normalized spacial score (nSPS) is 14.1. The molecule has 3 N–H and O–H groups in total. The average molecular weight is 1480 g/mol. The number of ether oxygens (including phenoxy) is 4. The highest BCUT2D eigenvalue weighted by Crippen LogP contribution is 2.45. The smallest absolute Gasteiger partial charge is 0.462 e. The number of hydrogen-bond acceptors (Lipinski definition) is 15. The lowest BCUT2D eigenvalue weighted by molar-refractivity contribution is -0.161. The molecular formula is C82H160O17P2. The van der Waals surface area contributed by atoms with Crippen LogP contribution >= 0.6 is 15.6 Å². The molecule has 6 atom stereocenters. The molecule has 101 heavy (non-hydrogen) atoms. The first-order chi connectivity index (χ1) is 49.1. The van der Waals surface area contributed by atoms with E-state index < -0.39 is 97.5 Å². The van der Waals surface area contributed by atoms with E-state index in [1.807, 2.05) is 0 Å². The number of unbranched alkanes of at least 4 members (excludes halogenated alkanes) is 53. The van der Waals surface area contributed by atoms with Crippen LogP contribution in [0.4, 0.5) is 0 Å². The maximum absolute atomic E-state index is 13.1. The van der Waals surface area contributed by atoms with Crippen LogP contribution in [0.2, 0.25) is 0 Å². The molecule has 0 rings (SSSR count). The van der Waals surface area contributed by atoms with Gasteiger partial charge in [0.25, 0.3) is 0 Å². The highest BCUT2D eigenvalue weighted by Gasteiger charge is 2.30. The number of aliphatic hydroxyl groups excluding tert-OH is 1. The fourth-order valence-electron chi connectivity index (χ4n) is 12.7. The van der Waals surface area contributed by atoms with Gasteiger partial charge in [0.15, 0.2) is 12.2 Å². The van der Waals surface area contributed by atoms with Gasteiger partial charge in [0.1, 0.15) is 19.3 Å². The third-order valence-electron chi connectivity index (χ3n) is 19.6. The summed E-state index contributed by atoms with van der Waals surface area (Å²) in [5.41, 5.74) is 0. The van der Waals surface area contributed by atoms with E-state index in [1.165, 1.54) is 257 Å². The molecule has 600 valence electrons. The second kappa shape index (κ2) is 74.9. The highest BCUT2D eigenvalue weighted by molar-refractivity contribution is 7.47. The van der Waals surface area contributed by atoms with Gasteiger partial charge in [0.05, 0.1) is 26.4 Å². The van der Waals surface area contributed by atoms with Crippen LogP contribution in [0.15, 0.2) is 0 Å². The van der Waals surface area contributed by atoms with Gasteiger partial charge in [-0.1, -0.05) is 388 Å². The third-order valence-corrected chi connectivity index (χ3v) is 21.5. The number of rotatable bonds is 82. The molecule has 19 heteroatoms. The maximum Gasteiger partial charge on any atom is 0.472 e. The Labute approximate surface area is 619 Å². The fourth-order valence-corrected chi connectivity index (χ4v) is 14.3. The summed E-state index contributed by atoms with van der Waals surface area (Å²) in [4.78, 5) is 72.8. The number of hydrogen-bond donors (Lipinski definition) is 3. The van der Waals surface area contributed by atoms with Crippen molar-refractivity contribution in [1.29, 1.82) is 0 Å². The summed E-state index contributed by atoms with van der Waals surface area (Å²) >= 11 is 0. The molecule has 0 saturated heterocycles. The first kappa shape index (κ1) is 99.1. The Kier molecular flexibility index (Phi) is 73.5. The van der Waals surface area contributed by atoms with E-state index in [1.54, 1.807) is 0 Å². The first-order valence-corrected chi connectivity index (χ1v) is 45.7. The number of esters is 4. The topological polar surface area (TPSA) is 237 Å². The summed E-state index contributed by atoms with van der Waals surface area (Å²) in [6, 6.07) is 0. The molecule has 0 amide bonds. The largest absolute Gasteiger partial charge is 0.472 e. The fraction of sp³-hybridized carbons (Fsp3) is 0.951. The summed E-state index contributed by atoms with van der Waals surface area (Å²) < 4.78 is 68.5. The predicted molar refractivity (Wildman–Crippen MR) is 414 cm³/mol. The standard InChI is InChI=1S/C82H160O17P2/c1-6-10-13-16-18-20-22-24-26-28-30-31-33-35-41-45-49-53-58-63-68-82(87)99-78(72-93-80(85)66-61-56-51-47-43-39-37-36-38-42-46-50-55-59-64-75(5)9-4)74-97-101(90,91)95-70-76(83)69-94-100(88,89)96-73-77(71-92-79(84)65-60-54-15-12-8-3)98-81(86)67-62-57-52-48-44-40-34-32-29-27-25-23-21-19-17-14-11-7-2/h75-78,83H,6-74H2,1-5H3,(H,88,89)(H,90,91)/t75?,76-,77+,78+/m0/s1. The van der Waals surface area contributed by atoms with E-state index in [-0.39, 0.29) is 25.7 Å². The van der Waals surface area contributed by atoms with Crippen LogP contribution in [0, 0.1) is 5.92 Å². The number of carbonyl (C=O) groups is 4. The molecule has 0 aliphatic rings. The number of carbonyl (C=O) groups excluding carboxylic acids is 4. The van der Waals surface area contributed by atoms with Gasteiger partial charge < -0.3 is 33.8 Å². The summed E-state index contributed by atoms with van der Waals surface area (Å²) in [5.74, 6) is -1.27. The molecule has 0 aromatic heterocycles. The Morgan fingerprint density at radius 1 is 0.277 bits per heavy atom. The van der Waals surface area contributed by atoms with E-state index in [2.05, 4.69) is 34.6 Å². The molecule has 0 bridgehead atoms. The van der Waals surface area contributed by atoms with Crippen molar-refractivity contribution < 1.29 is 80.2 Å². The van der Waals surface area contributed by atoms with Crippen molar-refractivity contribution in [2.45, 2.75) is 457 Å². The molecule has 0 radical (unpaired) electrons. The summed E-state index contributed by atoms with van der Waals surface area (Å²) in [5, 5.41) is 10.6. The highest BCUT2D eigenvalue weighted by atomic mass is 31.2. The second-order valence-corrected chi connectivity index (χ2v) is 32.7. The number of phosphoric ester groups is 2. The summed E-state index contributed by atoms with van der Waals surface area (Å²) in [7, 11) is -9.91. The minimum Gasteiger partial charge on any atom is -0.462 e. The Morgan fingerprint density at radius 2 is 0.475 bits per heavy atom. The molecule has 0 aliphatic carbocycles. The van der Waals surface area contributed by atoms with Crippen molar-refractivity contribution in [3.63, 3.8) is 0 Å². The van der Waals surface area contributed by atoms with Gasteiger partial charge in [0, 0.05) is 25.7 Å². The first-order valence-electron chi connectivity index (χ1n) is 42.7. The van der Waals surface area contributed by atoms with E-state index >= 15 is 0 Å². The van der Waals surface area contributed by atoms with Gasteiger partial charge in [-0.05, 0) is 31.6 Å². The van der Waals surface area contributed by atoms with Gasteiger partial charge in [0.2, 0.25) is 0 Å². The predicted octanol–water partition coefficient (Wildman–Crippen LogP) is 24.8. The minimum absolute atomic E-state index is 0.108. The lowest BCUT2D eigenvalue weighted by Gasteiger charge is -2.21. The average Bonchev–Trinajstić information content (AvgIpc) is 1.06. The van der Waals surface area contributed by atoms with Gasteiger partial charge in [-0.3, -0.25) is 37.3 Å². The molecule has 0 spiro atoms. The van der Waals surface area contributed by atoms with Crippen LogP contribution in [-0.2, 0) is 65.4 Å². The van der Waals surface area contributed by atoms with E-state index in [4.69, 9.17) is 37.0 Å². The molecule has 0 fully saturated rings. The zero-order chi connectivity index (χ0) is 74.1. The van der Waals surface area contributed by atoms with Gasteiger partial charge in [-0.25, -0.2) is 9.13 Å². The van der Waals surface area contributed by atoms with Gasteiger partial charge >= 0.3 is 39.5 Å². The van der Waals surface area contributed by atoms with E-state index in [9.17, 15) is 43.2 Å². The third kappa shape index (κ3) is 74.7. The number of phosphoric acid groups is 2. The Morgan fingerprint density at radius 3 is 0.703 bits per heavy atom. The van der Waals surface area contributed by atoms with Crippen molar-refractivity contribution in [3.8, 4) is 0 Å². The van der Waals surface area contributed by atoms with Crippen LogP contribution in [0.1, 0.15) is 439 Å². The summed E-state index contributed by atoms with van der Waals surface area (Å²) in [6.45, 7) is 7.31. The molecular weight excluding hydrogens is 1320 g/mol. The molecule has 0 aliphatic heterocycles. The molecule has 0 saturated carbocycles. The molecule has 0 heterocycles. The Balaban J connectivity index is 5.11. The van der Waals surface area contributed by atoms with Crippen LogP contribution in [0.3, 0.4) is 0 Å². The van der Waals surface area contributed by atoms with Gasteiger partial charge in [-0.2, -0.15) is 0 Å². The van der Waals surface area contributed by atoms with Crippen molar-refractivity contribution in [1.82, 2.24) is 0 Å². The quantitative estimate of drug-likeness (QED) is 0.0222. The van der Waals surface area contributed by atoms with Crippen LogP contribution in [0.5, 0.6) is 0 Å². The van der Waals surface area contributed by atoms with Crippen LogP contribution in [-0.4, -0.2) is 96.7 Å². The minimum atomic E-state index is -4.96. The van der Waals surface area contributed by atoms with Gasteiger partial charge in [-0.15, -0.1) is 0 Å². The molecule has 0 aromatic carbocycles. The molecule has 17 nitrogen and oxygen atoms in total. The summed E-state index contributed by atoms with van der Waals surface area (Å²) in [6.07, 6.45) is 67.1.